The van der Waals surface area contributed by atoms with Gasteiger partial charge in [0.1, 0.15) is 0 Å². The molecule has 0 unspecified atom stereocenters. The van der Waals surface area contributed by atoms with Crippen LogP contribution in [-0.4, -0.2) is 26.9 Å². The summed E-state index contributed by atoms with van der Waals surface area (Å²) in [6.07, 6.45) is 2.07. The maximum absolute atomic E-state index is 11.2. The number of para-hydroxylation sites is 1. The first-order valence-electron chi connectivity index (χ1n) is 5.93. The molecule has 1 fully saturated rings. The molecule has 0 amide bonds. The van der Waals surface area contributed by atoms with Crippen molar-refractivity contribution in [2.75, 3.05) is 0 Å². The number of hydrogen-bond acceptors (Lipinski definition) is 5. The van der Waals surface area contributed by atoms with E-state index in [0.717, 1.165) is 5.69 Å². The van der Waals surface area contributed by atoms with E-state index in [0.29, 0.717) is 5.69 Å². The van der Waals surface area contributed by atoms with Gasteiger partial charge in [-0.3, -0.25) is 9.59 Å². The topological polar surface area (TPSA) is 74.1 Å². The average molecular weight is 257 g/mol. The largest absolute Gasteiger partial charge is 0.393 e. The number of esters is 2. The Morgan fingerprint density at radius 2 is 1.79 bits per heavy atom. The van der Waals surface area contributed by atoms with Gasteiger partial charge in [-0.1, -0.05) is 23.4 Å². The quantitative estimate of drug-likeness (QED) is 0.597. The Morgan fingerprint density at radius 3 is 2.47 bits per heavy atom. The van der Waals surface area contributed by atoms with Crippen molar-refractivity contribution >= 4 is 11.9 Å². The molecule has 0 N–H and O–H groups in total. The third kappa shape index (κ3) is 2.37. The van der Waals surface area contributed by atoms with E-state index in [2.05, 4.69) is 15.0 Å². The molecule has 96 valence electrons. The average Bonchev–Trinajstić information content (AvgIpc) is 2.88. The lowest BCUT2D eigenvalue weighted by molar-refractivity contribution is -0.164. The molecule has 19 heavy (non-hydrogen) atoms. The molecule has 0 bridgehead atoms. The second-order valence-electron chi connectivity index (χ2n) is 4.37. The third-order valence-corrected chi connectivity index (χ3v) is 3.00. The van der Waals surface area contributed by atoms with Gasteiger partial charge in [0.05, 0.1) is 30.4 Å². The molecule has 6 nitrogen and oxygen atoms in total. The molecule has 1 aromatic heterocycles. The highest BCUT2D eigenvalue weighted by atomic mass is 16.6. The summed E-state index contributed by atoms with van der Waals surface area (Å²) in [6, 6.07) is 9.52. The molecule has 0 radical (unpaired) electrons. The first-order chi connectivity index (χ1) is 9.22. The highest BCUT2D eigenvalue weighted by Gasteiger charge is 2.30. The van der Waals surface area contributed by atoms with Crippen LogP contribution in [0.3, 0.4) is 0 Å². The molecule has 1 aromatic carbocycles. The predicted molar refractivity (Wildman–Crippen MR) is 64.4 cm³/mol. The van der Waals surface area contributed by atoms with Crippen LogP contribution in [0, 0.1) is 0 Å². The molecule has 1 saturated heterocycles. The minimum Gasteiger partial charge on any atom is -0.393 e. The van der Waals surface area contributed by atoms with Crippen LogP contribution in [0.4, 0.5) is 0 Å². The van der Waals surface area contributed by atoms with Crippen molar-refractivity contribution in [1.29, 1.82) is 0 Å². The van der Waals surface area contributed by atoms with Crippen molar-refractivity contribution in [1.82, 2.24) is 15.0 Å². The first-order valence-corrected chi connectivity index (χ1v) is 5.93. The second kappa shape index (κ2) is 4.64. The van der Waals surface area contributed by atoms with Crippen LogP contribution in [-0.2, 0) is 14.3 Å². The fourth-order valence-corrected chi connectivity index (χ4v) is 2.06. The lowest BCUT2D eigenvalue weighted by atomic mass is 9.96. The Labute approximate surface area is 109 Å². The summed E-state index contributed by atoms with van der Waals surface area (Å²) in [7, 11) is 0. The first kappa shape index (κ1) is 11.6. The Balaban J connectivity index is 1.85. The molecule has 1 aliphatic heterocycles. The summed E-state index contributed by atoms with van der Waals surface area (Å²) < 4.78 is 6.12. The van der Waals surface area contributed by atoms with Crippen LogP contribution in [0.1, 0.15) is 24.5 Å². The van der Waals surface area contributed by atoms with Crippen LogP contribution in [0.5, 0.6) is 0 Å². The maximum atomic E-state index is 11.2. The van der Waals surface area contributed by atoms with Crippen LogP contribution >= 0.6 is 0 Å². The number of ether oxygens (including phenoxy) is 1. The van der Waals surface area contributed by atoms with Crippen molar-refractivity contribution in [2.24, 2.45) is 0 Å². The van der Waals surface area contributed by atoms with E-state index in [-0.39, 0.29) is 18.8 Å². The molecule has 2 heterocycles. The van der Waals surface area contributed by atoms with Gasteiger partial charge < -0.3 is 4.74 Å². The summed E-state index contributed by atoms with van der Waals surface area (Å²) >= 11 is 0. The standard InChI is InChI=1S/C13H11N3O3/c17-12-6-9(7-13(18)19-12)11-8-16(15-14-11)10-4-2-1-3-5-10/h1-5,8-9H,6-7H2. The molecule has 0 atom stereocenters. The number of benzene rings is 1. The van der Waals surface area contributed by atoms with Gasteiger partial charge in [-0.05, 0) is 12.1 Å². The van der Waals surface area contributed by atoms with Crippen LogP contribution in [0.2, 0.25) is 0 Å². The van der Waals surface area contributed by atoms with Gasteiger partial charge >= 0.3 is 11.9 Å². The molecule has 0 saturated carbocycles. The molecule has 1 aliphatic rings. The maximum Gasteiger partial charge on any atom is 0.314 e. The summed E-state index contributed by atoms with van der Waals surface area (Å²) in [5.41, 5.74) is 1.51. The second-order valence-corrected chi connectivity index (χ2v) is 4.37. The zero-order valence-corrected chi connectivity index (χ0v) is 10.0. The predicted octanol–water partition coefficient (Wildman–Crippen LogP) is 1.21. The van der Waals surface area contributed by atoms with Gasteiger partial charge in [0.15, 0.2) is 0 Å². The fourth-order valence-electron chi connectivity index (χ4n) is 2.06. The number of aromatic nitrogens is 3. The summed E-state index contributed by atoms with van der Waals surface area (Å²) in [4.78, 5) is 22.5. The van der Waals surface area contributed by atoms with Gasteiger partial charge in [-0.2, -0.15) is 0 Å². The van der Waals surface area contributed by atoms with E-state index in [1.807, 2.05) is 30.3 Å². The van der Waals surface area contributed by atoms with Crippen molar-refractivity contribution in [3.8, 4) is 5.69 Å². The number of cyclic esters (lactones) is 2. The van der Waals surface area contributed by atoms with Crippen molar-refractivity contribution in [3.63, 3.8) is 0 Å². The summed E-state index contributed by atoms with van der Waals surface area (Å²) in [6.45, 7) is 0. The van der Waals surface area contributed by atoms with Crippen LogP contribution < -0.4 is 0 Å². The number of rotatable bonds is 2. The number of carbonyl (C=O) groups excluding carboxylic acids is 2. The molecular formula is C13H11N3O3. The summed E-state index contributed by atoms with van der Waals surface area (Å²) in [5.74, 6) is -1.25. The van der Waals surface area contributed by atoms with Crippen molar-refractivity contribution in [3.05, 3.63) is 42.2 Å². The number of carbonyl (C=O) groups is 2. The van der Waals surface area contributed by atoms with Gasteiger partial charge in [-0.15, -0.1) is 5.10 Å². The Hall–Kier alpha value is -2.50. The minimum atomic E-state index is -0.504. The Kier molecular flexibility index (Phi) is 2.83. The van der Waals surface area contributed by atoms with E-state index >= 15 is 0 Å². The van der Waals surface area contributed by atoms with E-state index in [9.17, 15) is 9.59 Å². The number of nitrogens with zero attached hydrogens (tertiary/aromatic N) is 3. The zero-order valence-electron chi connectivity index (χ0n) is 10.0. The molecule has 0 aliphatic carbocycles. The molecule has 2 aromatic rings. The molecular weight excluding hydrogens is 246 g/mol. The highest BCUT2D eigenvalue weighted by molar-refractivity contribution is 5.89. The van der Waals surface area contributed by atoms with Crippen LogP contribution in [0.15, 0.2) is 36.5 Å². The van der Waals surface area contributed by atoms with E-state index in [4.69, 9.17) is 0 Å². The van der Waals surface area contributed by atoms with Gasteiger partial charge in [0.2, 0.25) is 0 Å². The Morgan fingerprint density at radius 1 is 1.11 bits per heavy atom. The highest BCUT2D eigenvalue weighted by Crippen LogP contribution is 2.26. The van der Waals surface area contributed by atoms with Crippen LogP contribution in [0.25, 0.3) is 5.69 Å². The normalized spacial score (nSPS) is 16.4. The van der Waals surface area contributed by atoms with E-state index in [1.165, 1.54) is 0 Å². The monoisotopic (exact) mass is 257 g/mol. The lowest BCUT2D eigenvalue weighted by Gasteiger charge is -2.16. The molecule has 3 rings (SSSR count). The van der Waals surface area contributed by atoms with Gasteiger partial charge in [0.25, 0.3) is 0 Å². The van der Waals surface area contributed by atoms with Crippen molar-refractivity contribution in [2.45, 2.75) is 18.8 Å². The minimum absolute atomic E-state index is 0.166. The van der Waals surface area contributed by atoms with E-state index < -0.39 is 11.9 Å². The third-order valence-electron chi connectivity index (χ3n) is 3.00. The SMILES string of the molecule is O=C1CC(c2cn(-c3ccccc3)nn2)CC(=O)O1. The number of hydrogen-bond donors (Lipinski definition) is 0. The van der Waals surface area contributed by atoms with E-state index in [1.54, 1.807) is 10.9 Å². The lowest BCUT2D eigenvalue weighted by Crippen LogP contribution is -2.24. The Bertz CT molecular complexity index is 605. The van der Waals surface area contributed by atoms with Crippen molar-refractivity contribution < 1.29 is 14.3 Å². The smallest absolute Gasteiger partial charge is 0.314 e. The summed E-state index contributed by atoms with van der Waals surface area (Å²) in [5, 5.41) is 8.05. The fraction of sp³-hybridized carbons (Fsp3) is 0.231. The zero-order chi connectivity index (χ0) is 13.2. The van der Waals surface area contributed by atoms with Gasteiger partial charge in [0, 0.05) is 5.92 Å². The molecule has 0 spiro atoms. The molecule has 6 heteroatoms. The van der Waals surface area contributed by atoms with Gasteiger partial charge in [-0.25, -0.2) is 4.68 Å².